The largest absolute Gasteiger partial charge is 0.480 e. The lowest BCUT2D eigenvalue weighted by Crippen LogP contribution is -2.40. The molecule has 1 amide bonds. The van der Waals surface area contributed by atoms with Gasteiger partial charge in [0.1, 0.15) is 16.4 Å². The fourth-order valence-electron chi connectivity index (χ4n) is 0.745. The van der Waals surface area contributed by atoms with Crippen molar-refractivity contribution in [3.8, 4) is 0 Å². The molecule has 0 saturated carbocycles. The van der Waals surface area contributed by atoms with Gasteiger partial charge in [-0.1, -0.05) is 0 Å². The van der Waals surface area contributed by atoms with Crippen LogP contribution in [0.25, 0.3) is 0 Å². The lowest BCUT2D eigenvalue weighted by atomic mass is 10.5. The number of rotatable bonds is 8. The number of aliphatic carboxylic acids is 1. The maximum Gasteiger partial charge on any atom is 0.322 e. The van der Waals surface area contributed by atoms with Gasteiger partial charge < -0.3 is 10.4 Å². The van der Waals surface area contributed by atoms with Crippen LogP contribution in [0.1, 0.15) is 0 Å². The highest BCUT2D eigenvalue weighted by Gasteiger charge is 2.15. The SMILES string of the molecule is CS(=O)(=O)CCS(=O)(=O)NCC(=O)NCC(=O)O. The topological polar surface area (TPSA) is 147 Å². The van der Waals surface area contributed by atoms with Crippen molar-refractivity contribution in [2.45, 2.75) is 0 Å². The zero-order chi connectivity index (χ0) is 14.4. The van der Waals surface area contributed by atoms with Crippen LogP contribution < -0.4 is 10.0 Å². The molecule has 0 aliphatic heterocycles. The number of carboxylic acid groups (broad SMARTS) is 1. The third kappa shape index (κ3) is 9.99. The van der Waals surface area contributed by atoms with Crippen LogP contribution in [0.2, 0.25) is 0 Å². The van der Waals surface area contributed by atoms with Gasteiger partial charge in [0.2, 0.25) is 15.9 Å². The van der Waals surface area contributed by atoms with E-state index in [9.17, 15) is 26.4 Å². The summed E-state index contributed by atoms with van der Waals surface area (Å²) in [4.78, 5) is 21.1. The second-order valence-corrected chi connectivity index (χ2v) is 7.63. The number of hydrogen-bond acceptors (Lipinski definition) is 6. The van der Waals surface area contributed by atoms with Crippen LogP contribution in [0, 0.1) is 0 Å². The molecular weight excluding hydrogens is 288 g/mol. The van der Waals surface area contributed by atoms with Gasteiger partial charge in [0.05, 0.1) is 18.1 Å². The molecule has 0 aliphatic carbocycles. The number of carbonyl (C=O) groups excluding carboxylic acids is 1. The second-order valence-electron chi connectivity index (χ2n) is 3.44. The fourth-order valence-corrected chi connectivity index (χ4v) is 3.33. The summed E-state index contributed by atoms with van der Waals surface area (Å²) in [5.41, 5.74) is 0. The zero-order valence-electron chi connectivity index (χ0n) is 9.54. The fraction of sp³-hybridized carbons (Fsp3) is 0.714. The first-order valence-electron chi connectivity index (χ1n) is 4.65. The molecule has 9 nitrogen and oxygen atoms in total. The predicted molar refractivity (Wildman–Crippen MR) is 62.1 cm³/mol. The standard InChI is InChI=1S/C7H14N2O7S2/c1-17(13,14)2-3-18(15,16)9-4-6(10)8-5-7(11)12/h9H,2-5H2,1H3,(H,8,10)(H,11,12). The van der Waals surface area contributed by atoms with Gasteiger partial charge >= 0.3 is 5.97 Å². The summed E-state index contributed by atoms with van der Waals surface area (Å²) >= 11 is 0. The Labute approximate surface area is 105 Å². The minimum absolute atomic E-state index is 0.556. The van der Waals surface area contributed by atoms with E-state index in [-0.39, 0.29) is 0 Å². The van der Waals surface area contributed by atoms with E-state index < -0.39 is 56.3 Å². The summed E-state index contributed by atoms with van der Waals surface area (Å²) in [6.45, 7) is -1.26. The number of nitrogens with one attached hydrogen (secondary N) is 2. The van der Waals surface area contributed by atoms with Crippen LogP contribution >= 0.6 is 0 Å². The normalized spacial score (nSPS) is 12.1. The first-order valence-corrected chi connectivity index (χ1v) is 8.37. The summed E-state index contributed by atoms with van der Waals surface area (Å²) in [6.07, 6.45) is 0.891. The molecule has 0 bridgehead atoms. The van der Waals surface area contributed by atoms with Crippen molar-refractivity contribution in [2.24, 2.45) is 0 Å². The zero-order valence-corrected chi connectivity index (χ0v) is 11.2. The highest BCUT2D eigenvalue weighted by atomic mass is 32.2. The lowest BCUT2D eigenvalue weighted by Gasteiger charge is -2.06. The number of sulfonamides is 1. The van der Waals surface area contributed by atoms with Gasteiger partial charge in [-0.25, -0.2) is 21.6 Å². The molecule has 0 radical (unpaired) electrons. The van der Waals surface area contributed by atoms with Crippen molar-refractivity contribution in [3.05, 3.63) is 0 Å². The predicted octanol–water partition coefficient (Wildman–Crippen LogP) is -2.85. The molecule has 0 aromatic carbocycles. The average Bonchev–Trinajstić information content (AvgIpc) is 2.20. The van der Waals surface area contributed by atoms with Gasteiger partial charge in [-0.15, -0.1) is 0 Å². The quantitative estimate of drug-likeness (QED) is 0.437. The summed E-state index contributed by atoms with van der Waals surface area (Å²) < 4.78 is 45.9. The van der Waals surface area contributed by atoms with E-state index >= 15 is 0 Å². The van der Waals surface area contributed by atoms with Crippen molar-refractivity contribution in [1.82, 2.24) is 10.0 Å². The van der Waals surface area contributed by atoms with Crippen LogP contribution in [0.3, 0.4) is 0 Å². The number of carboxylic acids is 1. The van der Waals surface area contributed by atoms with Gasteiger partial charge in [0.25, 0.3) is 0 Å². The molecule has 0 saturated heterocycles. The first kappa shape index (κ1) is 16.8. The third-order valence-electron chi connectivity index (χ3n) is 1.61. The monoisotopic (exact) mass is 302 g/mol. The van der Waals surface area contributed by atoms with Crippen LogP contribution in [0.4, 0.5) is 0 Å². The summed E-state index contributed by atoms with van der Waals surface area (Å²) in [5.74, 6) is -3.29. The van der Waals surface area contributed by atoms with E-state index in [1.807, 2.05) is 10.0 Å². The molecule has 0 unspecified atom stereocenters. The van der Waals surface area contributed by atoms with E-state index in [2.05, 4.69) is 0 Å². The first-order chi connectivity index (χ1) is 8.02. The van der Waals surface area contributed by atoms with E-state index in [1.54, 1.807) is 0 Å². The van der Waals surface area contributed by atoms with Crippen molar-refractivity contribution in [2.75, 3.05) is 30.9 Å². The van der Waals surface area contributed by atoms with Crippen LogP contribution in [-0.4, -0.2) is 64.7 Å². The van der Waals surface area contributed by atoms with E-state index in [0.717, 1.165) is 6.26 Å². The van der Waals surface area contributed by atoms with E-state index in [4.69, 9.17) is 5.11 Å². The van der Waals surface area contributed by atoms with E-state index in [0.29, 0.717) is 0 Å². The third-order valence-corrected chi connectivity index (χ3v) is 4.14. The number of hydrogen-bond donors (Lipinski definition) is 3. The van der Waals surface area contributed by atoms with Crippen molar-refractivity contribution >= 4 is 31.7 Å². The van der Waals surface area contributed by atoms with Gasteiger partial charge in [-0.3, -0.25) is 9.59 Å². The Bertz CT molecular complexity index is 508. The Morgan fingerprint density at radius 3 is 2.06 bits per heavy atom. The summed E-state index contributed by atoms with van der Waals surface area (Å²) in [6, 6.07) is 0. The number of amides is 1. The Morgan fingerprint density at radius 2 is 1.61 bits per heavy atom. The molecule has 11 heteroatoms. The molecule has 0 fully saturated rings. The maximum atomic E-state index is 11.2. The molecule has 106 valence electrons. The van der Waals surface area contributed by atoms with Crippen molar-refractivity contribution in [1.29, 1.82) is 0 Å². The van der Waals surface area contributed by atoms with Crippen LogP contribution in [0.15, 0.2) is 0 Å². The van der Waals surface area contributed by atoms with Crippen molar-refractivity contribution in [3.63, 3.8) is 0 Å². The molecule has 0 aliphatic rings. The van der Waals surface area contributed by atoms with Gasteiger partial charge in [-0.05, 0) is 0 Å². The summed E-state index contributed by atoms with van der Waals surface area (Å²) in [7, 11) is -7.30. The Morgan fingerprint density at radius 1 is 1.06 bits per heavy atom. The molecule has 0 atom stereocenters. The Balaban J connectivity index is 4.12. The smallest absolute Gasteiger partial charge is 0.322 e. The minimum Gasteiger partial charge on any atom is -0.480 e. The number of carbonyl (C=O) groups is 2. The molecule has 0 spiro atoms. The van der Waals surface area contributed by atoms with Crippen LogP contribution in [-0.2, 0) is 29.4 Å². The molecule has 0 heterocycles. The minimum atomic E-state index is -3.89. The molecule has 3 N–H and O–H groups in total. The van der Waals surface area contributed by atoms with E-state index in [1.165, 1.54) is 0 Å². The van der Waals surface area contributed by atoms with Crippen molar-refractivity contribution < 1.29 is 31.5 Å². The average molecular weight is 302 g/mol. The van der Waals surface area contributed by atoms with Gasteiger partial charge in [0.15, 0.2) is 0 Å². The Hall–Kier alpha value is -1.20. The highest BCUT2D eigenvalue weighted by Crippen LogP contribution is 1.89. The maximum absolute atomic E-state index is 11.2. The van der Waals surface area contributed by atoms with Gasteiger partial charge in [-0.2, -0.15) is 0 Å². The summed E-state index contributed by atoms with van der Waals surface area (Å²) in [5, 5.41) is 10.2. The molecule has 0 rings (SSSR count). The highest BCUT2D eigenvalue weighted by molar-refractivity contribution is 7.93. The molecular formula is C7H14N2O7S2. The molecule has 0 aromatic heterocycles. The molecule has 18 heavy (non-hydrogen) atoms. The second kappa shape index (κ2) is 6.66. The number of sulfone groups is 1. The van der Waals surface area contributed by atoms with Gasteiger partial charge in [0, 0.05) is 6.26 Å². The Kier molecular flexibility index (Phi) is 6.21. The van der Waals surface area contributed by atoms with Crippen LogP contribution in [0.5, 0.6) is 0 Å². The lowest BCUT2D eigenvalue weighted by molar-refractivity contribution is -0.137. The molecule has 0 aromatic rings.